The van der Waals surface area contributed by atoms with Gasteiger partial charge in [-0.15, -0.1) is 0 Å². The molecule has 19 heavy (non-hydrogen) atoms. The molecule has 0 unspecified atom stereocenters. The van der Waals surface area contributed by atoms with Crippen molar-refractivity contribution in [2.45, 2.75) is 19.1 Å². The molecule has 1 N–H and O–H groups in total. The van der Waals surface area contributed by atoms with Gasteiger partial charge in [-0.2, -0.15) is 24.5 Å². The molecule has 1 aliphatic heterocycles. The van der Waals surface area contributed by atoms with Crippen LogP contribution in [0.1, 0.15) is 17.0 Å². The molecule has 0 saturated carbocycles. The zero-order chi connectivity index (χ0) is 13.5. The summed E-state index contributed by atoms with van der Waals surface area (Å²) in [5.74, 6) is 0.149. The Morgan fingerprint density at radius 3 is 2.79 bits per heavy atom. The van der Waals surface area contributed by atoms with Crippen LogP contribution in [0.4, 0.5) is 13.2 Å². The standard InChI is InChI=1S/C12H10F3N3S/c13-12(14,15)10-8-1-3-16-5-9(8)17-11(18-10)7-2-4-19-6-7/h2,4,6,16H,1,3,5H2. The molecular weight excluding hydrogens is 275 g/mol. The molecule has 0 atom stereocenters. The lowest BCUT2D eigenvalue weighted by Gasteiger charge is -2.20. The first-order valence-electron chi connectivity index (χ1n) is 5.76. The number of alkyl halides is 3. The van der Waals surface area contributed by atoms with Crippen molar-refractivity contribution in [2.75, 3.05) is 6.54 Å². The molecule has 2 aromatic heterocycles. The first-order valence-corrected chi connectivity index (χ1v) is 6.70. The molecule has 2 aromatic rings. The van der Waals surface area contributed by atoms with Crippen LogP contribution in [-0.4, -0.2) is 16.5 Å². The maximum Gasteiger partial charge on any atom is 0.433 e. The molecular formula is C12H10F3N3S. The van der Waals surface area contributed by atoms with Gasteiger partial charge < -0.3 is 5.32 Å². The maximum atomic E-state index is 13.1. The Kier molecular flexibility index (Phi) is 3.02. The summed E-state index contributed by atoms with van der Waals surface area (Å²) >= 11 is 1.41. The van der Waals surface area contributed by atoms with Gasteiger partial charge in [-0.1, -0.05) is 0 Å². The molecule has 1 aliphatic rings. The number of rotatable bonds is 1. The van der Waals surface area contributed by atoms with E-state index in [0.29, 0.717) is 30.8 Å². The summed E-state index contributed by atoms with van der Waals surface area (Å²) in [5, 5.41) is 6.58. The van der Waals surface area contributed by atoms with Crippen LogP contribution in [0.2, 0.25) is 0 Å². The Morgan fingerprint density at radius 1 is 1.26 bits per heavy atom. The van der Waals surface area contributed by atoms with Crippen LogP contribution in [0.15, 0.2) is 16.8 Å². The van der Waals surface area contributed by atoms with Gasteiger partial charge in [0, 0.05) is 23.1 Å². The smallest absolute Gasteiger partial charge is 0.311 e. The highest BCUT2D eigenvalue weighted by atomic mass is 32.1. The Balaban J connectivity index is 2.19. The summed E-state index contributed by atoms with van der Waals surface area (Å²) in [4.78, 5) is 8.01. The monoisotopic (exact) mass is 285 g/mol. The predicted octanol–water partition coefficient (Wildman–Crippen LogP) is 2.87. The van der Waals surface area contributed by atoms with Crippen molar-refractivity contribution in [3.8, 4) is 11.4 Å². The summed E-state index contributed by atoms with van der Waals surface area (Å²) in [5.41, 5.74) is 0.518. The average Bonchev–Trinajstić information content (AvgIpc) is 2.90. The highest BCUT2D eigenvalue weighted by Gasteiger charge is 2.38. The van der Waals surface area contributed by atoms with Crippen LogP contribution in [0.3, 0.4) is 0 Å². The number of nitrogens with zero attached hydrogens (tertiary/aromatic N) is 2. The number of hydrogen-bond acceptors (Lipinski definition) is 4. The van der Waals surface area contributed by atoms with Crippen LogP contribution >= 0.6 is 11.3 Å². The highest BCUT2D eigenvalue weighted by molar-refractivity contribution is 7.08. The van der Waals surface area contributed by atoms with Gasteiger partial charge in [-0.3, -0.25) is 0 Å². The van der Waals surface area contributed by atoms with Gasteiger partial charge in [0.25, 0.3) is 0 Å². The summed E-state index contributed by atoms with van der Waals surface area (Å²) in [6.45, 7) is 0.884. The van der Waals surface area contributed by atoms with Crippen LogP contribution in [0, 0.1) is 0 Å². The summed E-state index contributed by atoms with van der Waals surface area (Å²) in [7, 11) is 0. The lowest BCUT2D eigenvalue weighted by atomic mass is 10.0. The number of hydrogen-bond donors (Lipinski definition) is 1. The largest absolute Gasteiger partial charge is 0.433 e. The molecule has 0 aliphatic carbocycles. The lowest BCUT2D eigenvalue weighted by Crippen LogP contribution is -2.28. The number of halogens is 3. The van der Waals surface area contributed by atoms with E-state index in [-0.39, 0.29) is 11.4 Å². The Hall–Kier alpha value is -1.47. The second-order valence-electron chi connectivity index (χ2n) is 4.26. The molecule has 0 fully saturated rings. The molecule has 0 radical (unpaired) electrons. The normalized spacial score (nSPS) is 15.3. The molecule has 100 valence electrons. The fourth-order valence-corrected chi connectivity index (χ4v) is 2.75. The molecule has 0 saturated heterocycles. The van der Waals surface area contributed by atoms with Gasteiger partial charge in [0.15, 0.2) is 11.5 Å². The number of fused-ring (bicyclic) bond motifs is 1. The second-order valence-corrected chi connectivity index (χ2v) is 5.04. The van der Waals surface area contributed by atoms with Crippen LogP contribution in [0.5, 0.6) is 0 Å². The second kappa shape index (κ2) is 4.57. The van der Waals surface area contributed by atoms with E-state index >= 15 is 0 Å². The SMILES string of the molecule is FC(F)(F)c1nc(-c2ccsc2)nc2c1CCNC2. The molecule has 3 rings (SSSR count). The molecule has 0 amide bonds. The van der Waals surface area contributed by atoms with Gasteiger partial charge in [-0.05, 0) is 24.4 Å². The Labute approximate surface area is 111 Å². The van der Waals surface area contributed by atoms with Crippen LogP contribution in [0.25, 0.3) is 11.4 Å². The maximum absolute atomic E-state index is 13.1. The zero-order valence-corrected chi connectivity index (χ0v) is 10.6. The van der Waals surface area contributed by atoms with Crippen LogP contribution < -0.4 is 5.32 Å². The Bertz CT molecular complexity index is 593. The quantitative estimate of drug-likeness (QED) is 0.875. The zero-order valence-electron chi connectivity index (χ0n) is 9.79. The van der Waals surface area contributed by atoms with Crippen molar-refractivity contribution < 1.29 is 13.2 Å². The van der Waals surface area contributed by atoms with E-state index in [9.17, 15) is 13.2 Å². The summed E-state index contributed by atoms with van der Waals surface area (Å²) in [6.07, 6.45) is -4.12. The number of thiophene rings is 1. The van der Waals surface area contributed by atoms with E-state index in [2.05, 4.69) is 15.3 Å². The molecule has 7 heteroatoms. The minimum Gasteiger partial charge on any atom is -0.311 e. The van der Waals surface area contributed by atoms with E-state index in [1.54, 1.807) is 16.8 Å². The fourth-order valence-electron chi connectivity index (χ4n) is 2.11. The molecule has 0 spiro atoms. The van der Waals surface area contributed by atoms with Gasteiger partial charge in [0.1, 0.15) is 0 Å². The van der Waals surface area contributed by atoms with E-state index in [1.807, 2.05) is 0 Å². The van der Waals surface area contributed by atoms with E-state index in [0.717, 1.165) is 0 Å². The average molecular weight is 285 g/mol. The highest BCUT2D eigenvalue weighted by Crippen LogP contribution is 2.34. The molecule has 3 heterocycles. The van der Waals surface area contributed by atoms with Crippen molar-refractivity contribution in [1.82, 2.24) is 15.3 Å². The van der Waals surface area contributed by atoms with Gasteiger partial charge in [0.2, 0.25) is 0 Å². The van der Waals surface area contributed by atoms with E-state index < -0.39 is 11.9 Å². The lowest BCUT2D eigenvalue weighted by molar-refractivity contribution is -0.142. The minimum atomic E-state index is -4.44. The van der Waals surface area contributed by atoms with Gasteiger partial charge >= 0.3 is 6.18 Å². The fraction of sp³-hybridized carbons (Fsp3) is 0.333. The number of nitrogens with one attached hydrogen (secondary N) is 1. The first-order chi connectivity index (χ1) is 9.05. The van der Waals surface area contributed by atoms with E-state index in [4.69, 9.17) is 0 Å². The third kappa shape index (κ3) is 2.35. The van der Waals surface area contributed by atoms with Gasteiger partial charge in [-0.25, -0.2) is 9.97 Å². The predicted molar refractivity (Wildman–Crippen MR) is 65.8 cm³/mol. The summed E-state index contributed by atoms with van der Waals surface area (Å²) in [6, 6.07) is 1.73. The first kappa shape index (κ1) is 12.6. The molecule has 0 bridgehead atoms. The summed E-state index contributed by atoms with van der Waals surface area (Å²) < 4.78 is 39.3. The third-order valence-electron chi connectivity index (χ3n) is 2.98. The van der Waals surface area contributed by atoms with Gasteiger partial charge in [0.05, 0.1) is 5.69 Å². The van der Waals surface area contributed by atoms with Crippen molar-refractivity contribution in [2.24, 2.45) is 0 Å². The molecule has 0 aromatic carbocycles. The topological polar surface area (TPSA) is 37.8 Å². The van der Waals surface area contributed by atoms with Crippen molar-refractivity contribution >= 4 is 11.3 Å². The third-order valence-corrected chi connectivity index (χ3v) is 3.67. The minimum absolute atomic E-state index is 0.149. The molecule has 3 nitrogen and oxygen atoms in total. The number of aromatic nitrogens is 2. The van der Waals surface area contributed by atoms with Crippen molar-refractivity contribution in [3.05, 3.63) is 33.8 Å². The van der Waals surface area contributed by atoms with Crippen LogP contribution in [-0.2, 0) is 19.1 Å². The Morgan fingerprint density at radius 2 is 2.11 bits per heavy atom. The van der Waals surface area contributed by atoms with Crippen molar-refractivity contribution in [3.63, 3.8) is 0 Å². The van der Waals surface area contributed by atoms with E-state index in [1.165, 1.54) is 11.3 Å². The van der Waals surface area contributed by atoms with Crippen molar-refractivity contribution in [1.29, 1.82) is 0 Å².